The standard InChI is InChI=1S/C16H21FO3S/c1-11-7-13(17)6-5-12(11)8-16(18)9-14-3-2-4-15(10-16)21(14,19)20/h5-7,14-15,18H,2-4,8-10H2,1H3. The van der Waals surface area contributed by atoms with E-state index in [0.717, 1.165) is 17.5 Å². The summed E-state index contributed by atoms with van der Waals surface area (Å²) in [7, 11) is -3.07. The van der Waals surface area contributed by atoms with Crippen LogP contribution in [0.15, 0.2) is 18.2 Å². The van der Waals surface area contributed by atoms with Crippen molar-refractivity contribution in [1.82, 2.24) is 0 Å². The molecular formula is C16H21FO3S. The summed E-state index contributed by atoms with van der Waals surface area (Å²) in [6, 6.07) is 4.55. The lowest BCUT2D eigenvalue weighted by Crippen LogP contribution is -2.52. The van der Waals surface area contributed by atoms with E-state index in [-0.39, 0.29) is 5.82 Å². The lowest BCUT2D eigenvalue weighted by atomic mass is 9.80. The number of aliphatic hydroxyl groups is 1. The highest BCUT2D eigenvalue weighted by molar-refractivity contribution is 7.92. The first-order valence-electron chi connectivity index (χ1n) is 7.50. The van der Waals surface area contributed by atoms with Crippen LogP contribution in [-0.2, 0) is 16.3 Å². The van der Waals surface area contributed by atoms with Crippen LogP contribution in [0.1, 0.15) is 43.2 Å². The van der Waals surface area contributed by atoms with Crippen molar-refractivity contribution in [2.24, 2.45) is 0 Å². The predicted octanol–water partition coefficient (Wildman–Crippen LogP) is 2.54. The summed E-state index contributed by atoms with van der Waals surface area (Å²) in [4.78, 5) is 0. The Hall–Kier alpha value is -0.940. The fraction of sp³-hybridized carbons (Fsp3) is 0.625. The van der Waals surface area contributed by atoms with Crippen molar-refractivity contribution in [3.63, 3.8) is 0 Å². The molecule has 2 saturated heterocycles. The number of sulfone groups is 1. The van der Waals surface area contributed by atoms with E-state index in [4.69, 9.17) is 0 Å². The molecule has 1 N–H and O–H groups in total. The number of rotatable bonds is 2. The Bertz CT molecular complexity index is 633. The molecule has 0 aromatic heterocycles. The quantitative estimate of drug-likeness (QED) is 0.913. The van der Waals surface area contributed by atoms with E-state index < -0.39 is 25.9 Å². The van der Waals surface area contributed by atoms with Crippen LogP contribution in [-0.4, -0.2) is 29.6 Å². The minimum atomic E-state index is -3.07. The van der Waals surface area contributed by atoms with Crippen LogP contribution in [0.25, 0.3) is 0 Å². The van der Waals surface area contributed by atoms with Crippen molar-refractivity contribution in [2.75, 3.05) is 0 Å². The van der Waals surface area contributed by atoms with Crippen LogP contribution in [0.4, 0.5) is 4.39 Å². The molecular weight excluding hydrogens is 291 g/mol. The SMILES string of the molecule is Cc1cc(F)ccc1CC1(O)CC2CCCC(C1)S2(=O)=O. The summed E-state index contributed by atoms with van der Waals surface area (Å²) in [5, 5.41) is 10.1. The van der Waals surface area contributed by atoms with Gasteiger partial charge < -0.3 is 5.11 Å². The van der Waals surface area contributed by atoms with Gasteiger partial charge in [0.1, 0.15) is 5.82 Å². The summed E-state index contributed by atoms with van der Waals surface area (Å²) in [6.07, 6.45) is 3.26. The van der Waals surface area contributed by atoms with E-state index in [1.807, 2.05) is 6.92 Å². The Kier molecular flexibility index (Phi) is 3.61. The largest absolute Gasteiger partial charge is 0.389 e. The first-order chi connectivity index (χ1) is 9.80. The van der Waals surface area contributed by atoms with Crippen molar-refractivity contribution in [3.05, 3.63) is 35.1 Å². The second kappa shape index (κ2) is 5.06. The predicted molar refractivity (Wildman–Crippen MR) is 79.4 cm³/mol. The zero-order chi connectivity index (χ0) is 15.3. The van der Waals surface area contributed by atoms with Gasteiger partial charge in [-0.05, 0) is 55.9 Å². The Balaban J connectivity index is 1.86. The van der Waals surface area contributed by atoms with Crippen molar-refractivity contribution in [2.45, 2.75) is 61.5 Å². The third-order valence-electron chi connectivity index (χ3n) is 5.02. The Morgan fingerprint density at radius 2 is 1.90 bits per heavy atom. The molecule has 3 nitrogen and oxygen atoms in total. The van der Waals surface area contributed by atoms with Gasteiger partial charge in [0, 0.05) is 6.42 Å². The summed E-state index contributed by atoms with van der Waals surface area (Å²) in [6.45, 7) is 1.82. The van der Waals surface area contributed by atoms with Gasteiger partial charge >= 0.3 is 0 Å². The third kappa shape index (κ3) is 2.73. The van der Waals surface area contributed by atoms with Gasteiger partial charge in [0.05, 0.1) is 16.1 Å². The molecule has 2 aliphatic rings. The Morgan fingerprint density at radius 1 is 1.29 bits per heavy atom. The smallest absolute Gasteiger partial charge is 0.156 e. The number of fused-ring (bicyclic) bond motifs is 2. The van der Waals surface area contributed by atoms with Gasteiger partial charge in [-0.2, -0.15) is 0 Å². The molecule has 0 saturated carbocycles. The number of hydrogen-bond donors (Lipinski definition) is 1. The van der Waals surface area contributed by atoms with Crippen molar-refractivity contribution < 1.29 is 17.9 Å². The summed E-state index contributed by atoms with van der Waals surface area (Å²) in [5.74, 6) is -0.286. The number of aryl methyl sites for hydroxylation is 1. The van der Waals surface area contributed by atoms with Gasteiger partial charge in [-0.3, -0.25) is 0 Å². The molecule has 2 fully saturated rings. The van der Waals surface area contributed by atoms with Gasteiger partial charge in [0.2, 0.25) is 0 Å². The molecule has 0 spiro atoms. The molecule has 1 aromatic carbocycles. The highest BCUT2D eigenvalue weighted by atomic mass is 32.2. The zero-order valence-corrected chi connectivity index (χ0v) is 13.0. The maximum absolute atomic E-state index is 13.2. The van der Waals surface area contributed by atoms with E-state index in [1.165, 1.54) is 12.1 Å². The van der Waals surface area contributed by atoms with Crippen LogP contribution in [0.5, 0.6) is 0 Å². The topological polar surface area (TPSA) is 54.4 Å². The number of halogens is 1. The molecule has 21 heavy (non-hydrogen) atoms. The molecule has 0 amide bonds. The van der Waals surface area contributed by atoms with E-state index in [2.05, 4.69) is 0 Å². The summed E-state index contributed by atoms with van der Waals surface area (Å²) < 4.78 is 37.7. The van der Waals surface area contributed by atoms with Crippen LogP contribution in [0.2, 0.25) is 0 Å². The third-order valence-corrected chi connectivity index (χ3v) is 7.68. The average Bonchev–Trinajstić information content (AvgIpc) is 2.35. The molecule has 2 atom stereocenters. The zero-order valence-electron chi connectivity index (χ0n) is 12.2. The molecule has 1 aromatic rings. The Morgan fingerprint density at radius 3 is 2.48 bits per heavy atom. The average molecular weight is 312 g/mol. The minimum absolute atomic E-state index is 0.286. The molecule has 0 aliphatic carbocycles. The molecule has 116 valence electrons. The van der Waals surface area contributed by atoms with Gasteiger partial charge in [-0.1, -0.05) is 12.5 Å². The van der Waals surface area contributed by atoms with Gasteiger partial charge in [-0.15, -0.1) is 0 Å². The van der Waals surface area contributed by atoms with E-state index in [1.54, 1.807) is 6.07 Å². The summed E-state index contributed by atoms with van der Waals surface area (Å²) >= 11 is 0. The molecule has 2 unspecified atom stereocenters. The van der Waals surface area contributed by atoms with Crippen LogP contribution < -0.4 is 0 Å². The monoisotopic (exact) mass is 312 g/mol. The van der Waals surface area contributed by atoms with Crippen molar-refractivity contribution in [1.29, 1.82) is 0 Å². The summed E-state index contributed by atoms with van der Waals surface area (Å²) in [5.41, 5.74) is 0.724. The maximum Gasteiger partial charge on any atom is 0.156 e. The molecule has 3 rings (SSSR count). The van der Waals surface area contributed by atoms with Crippen molar-refractivity contribution >= 4 is 9.84 Å². The molecule has 5 heteroatoms. The molecule has 2 aliphatic heterocycles. The first-order valence-corrected chi connectivity index (χ1v) is 9.11. The van der Waals surface area contributed by atoms with Gasteiger partial charge in [0.25, 0.3) is 0 Å². The maximum atomic E-state index is 13.2. The molecule has 0 radical (unpaired) electrons. The number of hydrogen-bond acceptors (Lipinski definition) is 3. The van der Waals surface area contributed by atoms with Gasteiger partial charge in [0.15, 0.2) is 9.84 Å². The first kappa shape index (κ1) is 15.0. The lowest BCUT2D eigenvalue weighted by molar-refractivity contribution is 0.00975. The minimum Gasteiger partial charge on any atom is -0.389 e. The van der Waals surface area contributed by atoms with Crippen LogP contribution in [0, 0.1) is 12.7 Å². The van der Waals surface area contributed by atoms with E-state index >= 15 is 0 Å². The normalized spacial score (nSPS) is 34.6. The lowest BCUT2D eigenvalue weighted by Gasteiger charge is -2.44. The molecule has 2 heterocycles. The second-order valence-corrected chi connectivity index (χ2v) is 9.16. The Labute approximate surface area is 125 Å². The fourth-order valence-electron chi connectivity index (χ4n) is 3.90. The van der Waals surface area contributed by atoms with Gasteiger partial charge in [-0.25, -0.2) is 12.8 Å². The van der Waals surface area contributed by atoms with Crippen LogP contribution >= 0.6 is 0 Å². The second-order valence-electron chi connectivity index (χ2n) is 6.64. The van der Waals surface area contributed by atoms with Crippen LogP contribution in [0.3, 0.4) is 0 Å². The fourth-order valence-corrected chi connectivity index (χ4v) is 6.52. The molecule has 2 bridgehead atoms. The van der Waals surface area contributed by atoms with Crippen molar-refractivity contribution in [3.8, 4) is 0 Å². The van der Waals surface area contributed by atoms with E-state index in [0.29, 0.717) is 32.1 Å². The number of benzene rings is 1. The van der Waals surface area contributed by atoms with E-state index in [9.17, 15) is 17.9 Å². The highest BCUT2D eigenvalue weighted by Gasteiger charge is 2.50. The highest BCUT2D eigenvalue weighted by Crippen LogP contribution is 2.42.